The Balaban J connectivity index is 1.31. The van der Waals surface area contributed by atoms with E-state index in [0.29, 0.717) is 43.6 Å². The van der Waals surface area contributed by atoms with Crippen LogP contribution in [-0.4, -0.2) is 70.7 Å². The van der Waals surface area contributed by atoms with E-state index in [1.165, 1.54) is 28.6 Å². The highest BCUT2D eigenvalue weighted by Crippen LogP contribution is 2.32. The summed E-state index contributed by atoms with van der Waals surface area (Å²) in [5.74, 6) is -0.142. The van der Waals surface area contributed by atoms with E-state index < -0.39 is 28.5 Å². The van der Waals surface area contributed by atoms with Gasteiger partial charge in [-0.15, -0.1) is 0 Å². The maximum Gasteiger partial charge on any atom is 0.338 e. The summed E-state index contributed by atoms with van der Waals surface area (Å²) < 4.78 is 47.7. The van der Waals surface area contributed by atoms with E-state index in [2.05, 4.69) is 5.32 Å². The van der Waals surface area contributed by atoms with Crippen LogP contribution in [-0.2, 0) is 24.3 Å². The molecule has 1 saturated heterocycles. The van der Waals surface area contributed by atoms with Crippen molar-refractivity contribution in [2.75, 3.05) is 51.4 Å². The summed E-state index contributed by atoms with van der Waals surface area (Å²) in [5.41, 5.74) is 0.617. The average molecular weight is 462 g/mol. The number of ether oxygens (including phenoxy) is 4. The lowest BCUT2D eigenvalue weighted by Gasteiger charge is -2.26. The van der Waals surface area contributed by atoms with Crippen LogP contribution in [0, 0.1) is 0 Å². The summed E-state index contributed by atoms with van der Waals surface area (Å²) >= 11 is 0. The molecule has 0 atom stereocenters. The van der Waals surface area contributed by atoms with E-state index in [0.717, 1.165) is 0 Å². The van der Waals surface area contributed by atoms with Crippen molar-refractivity contribution in [3.63, 3.8) is 0 Å². The summed E-state index contributed by atoms with van der Waals surface area (Å²) in [6, 6.07) is 10.4. The van der Waals surface area contributed by atoms with E-state index >= 15 is 0 Å². The van der Waals surface area contributed by atoms with Gasteiger partial charge in [-0.2, -0.15) is 4.31 Å². The van der Waals surface area contributed by atoms with Gasteiger partial charge in [0.15, 0.2) is 18.1 Å². The van der Waals surface area contributed by atoms with Crippen LogP contribution in [0.15, 0.2) is 47.4 Å². The largest absolute Gasteiger partial charge is 0.486 e. The predicted molar refractivity (Wildman–Crippen MR) is 112 cm³/mol. The first-order valence-electron chi connectivity index (χ1n) is 9.98. The maximum atomic E-state index is 12.6. The van der Waals surface area contributed by atoms with Gasteiger partial charge in [0.2, 0.25) is 10.0 Å². The second kappa shape index (κ2) is 9.55. The molecule has 32 heavy (non-hydrogen) atoms. The lowest BCUT2D eigenvalue weighted by molar-refractivity contribution is -0.119. The zero-order chi connectivity index (χ0) is 22.6. The molecule has 2 aromatic carbocycles. The van der Waals surface area contributed by atoms with Crippen molar-refractivity contribution in [1.29, 1.82) is 0 Å². The minimum Gasteiger partial charge on any atom is -0.486 e. The smallest absolute Gasteiger partial charge is 0.338 e. The molecule has 0 bridgehead atoms. The van der Waals surface area contributed by atoms with Gasteiger partial charge in [-0.05, 0) is 36.4 Å². The molecular weight excluding hydrogens is 440 g/mol. The molecule has 0 aromatic heterocycles. The molecule has 0 spiro atoms. The number of carbonyl (C=O) groups excluding carboxylic acids is 2. The Kier molecular flexibility index (Phi) is 6.58. The lowest BCUT2D eigenvalue weighted by atomic mass is 10.2. The molecule has 0 saturated carbocycles. The zero-order valence-corrected chi connectivity index (χ0v) is 17.9. The highest BCUT2D eigenvalue weighted by molar-refractivity contribution is 7.89. The molecule has 1 fully saturated rings. The molecule has 0 unspecified atom stereocenters. The number of sulfonamides is 1. The van der Waals surface area contributed by atoms with Crippen LogP contribution in [0.3, 0.4) is 0 Å². The molecule has 2 aromatic rings. The number of morpholine rings is 1. The third-order valence-corrected chi connectivity index (χ3v) is 6.77. The van der Waals surface area contributed by atoms with E-state index in [9.17, 15) is 18.0 Å². The average Bonchev–Trinajstić information content (AvgIpc) is 2.83. The Hall–Kier alpha value is -3.15. The van der Waals surface area contributed by atoms with Crippen molar-refractivity contribution in [3.05, 3.63) is 48.0 Å². The number of esters is 1. The molecule has 4 rings (SSSR count). The molecule has 2 aliphatic heterocycles. The number of amides is 1. The Bertz CT molecular complexity index is 1100. The first-order chi connectivity index (χ1) is 15.4. The summed E-state index contributed by atoms with van der Waals surface area (Å²) in [5, 5.41) is 2.62. The van der Waals surface area contributed by atoms with Crippen LogP contribution in [0.1, 0.15) is 10.4 Å². The topological polar surface area (TPSA) is 120 Å². The number of fused-ring (bicyclic) bond motifs is 1. The molecule has 2 aliphatic rings. The minimum absolute atomic E-state index is 0.0762. The molecule has 10 nitrogen and oxygen atoms in total. The Morgan fingerprint density at radius 1 is 0.938 bits per heavy atom. The van der Waals surface area contributed by atoms with E-state index in [1.54, 1.807) is 18.2 Å². The number of nitrogens with zero attached hydrogens (tertiary/aromatic N) is 1. The van der Waals surface area contributed by atoms with Gasteiger partial charge < -0.3 is 24.3 Å². The molecule has 1 amide bonds. The minimum atomic E-state index is -3.65. The van der Waals surface area contributed by atoms with Gasteiger partial charge in [0.1, 0.15) is 13.2 Å². The maximum absolute atomic E-state index is 12.6. The molecule has 170 valence electrons. The van der Waals surface area contributed by atoms with Gasteiger partial charge in [-0.25, -0.2) is 13.2 Å². The first-order valence-corrected chi connectivity index (χ1v) is 11.4. The van der Waals surface area contributed by atoms with Gasteiger partial charge in [0, 0.05) is 24.8 Å². The number of rotatable bonds is 6. The van der Waals surface area contributed by atoms with Gasteiger partial charge in [-0.3, -0.25) is 4.79 Å². The number of benzene rings is 2. The first kappa shape index (κ1) is 22.1. The van der Waals surface area contributed by atoms with Crippen LogP contribution in [0.4, 0.5) is 5.69 Å². The second-order valence-electron chi connectivity index (χ2n) is 7.02. The fourth-order valence-electron chi connectivity index (χ4n) is 3.23. The van der Waals surface area contributed by atoms with E-state index in [-0.39, 0.29) is 23.5 Å². The summed E-state index contributed by atoms with van der Waals surface area (Å²) in [6.45, 7) is 1.65. The summed E-state index contributed by atoms with van der Waals surface area (Å²) in [6.07, 6.45) is 0. The van der Waals surface area contributed by atoms with Crippen molar-refractivity contribution in [3.8, 4) is 11.5 Å². The fraction of sp³-hybridized carbons (Fsp3) is 0.333. The Labute approximate surface area is 185 Å². The number of nitrogens with one attached hydrogen (secondary N) is 1. The van der Waals surface area contributed by atoms with Crippen molar-refractivity contribution >= 4 is 27.6 Å². The Morgan fingerprint density at radius 3 is 2.34 bits per heavy atom. The highest BCUT2D eigenvalue weighted by Gasteiger charge is 2.26. The van der Waals surface area contributed by atoms with Crippen LogP contribution < -0.4 is 14.8 Å². The van der Waals surface area contributed by atoms with Crippen molar-refractivity contribution in [2.45, 2.75) is 4.90 Å². The van der Waals surface area contributed by atoms with Crippen molar-refractivity contribution < 1.29 is 37.0 Å². The molecule has 0 radical (unpaired) electrons. The molecule has 11 heteroatoms. The molecular formula is C21H22N2O8S. The second-order valence-corrected chi connectivity index (χ2v) is 8.96. The number of hydrogen-bond donors (Lipinski definition) is 1. The molecule has 2 heterocycles. The van der Waals surface area contributed by atoms with Gasteiger partial charge in [0.25, 0.3) is 5.91 Å². The van der Waals surface area contributed by atoms with Gasteiger partial charge in [0.05, 0.1) is 23.7 Å². The summed E-state index contributed by atoms with van der Waals surface area (Å²) in [4.78, 5) is 24.4. The molecule has 1 N–H and O–H groups in total. The van der Waals surface area contributed by atoms with Crippen LogP contribution in [0.2, 0.25) is 0 Å². The van der Waals surface area contributed by atoms with Gasteiger partial charge >= 0.3 is 5.97 Å². The van der Waals surface area contributed by atoms with Gasteiger partial charge in [-0.1, -0.05) is 0 Å². The zero-order valence-electron chi connectivity index (χ0n) is 17.1. The highest BCUT2D eigenvalue weighted by atomic mass is 32.2. The number of anilines is 1. The van der Waals surface area contributed by atoms with Crippen LogP contribution in [0.25, 0.3) is 0 Å². The van der Waals surface area contributed by atoms with Crippen molar-refractivity contribution in [1.82, 2.24) is 4.31 Å². The van der Waals surface area contributed by atoms with E-state index in [1.807, 2.05) is 0 Å². The number of hydrogen-bond acceptors (Lipinski definition) is 8. The summed E-state index contributed by atoms with van der Waals surface area (Å²) in [7, 11) is -3.65. The monoisotopic (exact) mass is 462 g/mol. The number of carbonyl (C=O) groups is 2. The molecule has 0 aliphatic carbocycles. The predicted octanol–water partition coefficient (Wildman–Crippen LogP) is 1.27. The normalized spacial score (nSPS) is 16.2. The van der Waals surface area contributed by atoms with E-state index in [4.69, 9.17) is 18.9 Å². The quantitative estimate of drug-likeness (QED) is 0.638. The Morgan fingerprint density at radius 2 is 1.62 bits per heavy atom. The lowest BCUT2D eigenvalue weighted by Crippen LogP contribution is -2.40. The third kappa shape index (κ3) is 5.01. The fourth-order valence-corrected chi connectivity index (χ4v) is 4.64. The van der Waals surface area contributed by atoms with Crippen molar-refractivity contribution in [2.24, 2.45) is 0 Å². The standard InChI is InChI=1S/C21H22N2O8S/c24-20(22-16-3-6-18-19(13-16)30-12-11-29-18)14-31-21(25)15-1-4-17(5-2-15)32(26,27)23-7-9-28-10-8-23/h1-6,13H,7-12,14H2,(H,22,24). The van der Waals surface area contributed by atoms with Crippen LogP contribution in [0.5, 0.6) is 11.5 Å². The SMILES string of the molecule is O=C(COC(=O)c1ccc(S(=O)(=O)N2CCOCC2)cc1)Nc1ccc2c(c1)OCCO2. The van der Waals surface area contributed by atoms with Crippen LogP contribution >= 0.6 is 0 Å². The third-order valence-electron chi connectivity index (χ3n) is 4.86.